The predicted molar refractivity (Wildman–Crippen MR) is 101 cm³/mol. The van der Waals surface area contributed by atoms with Gasteiger partial charge in [-0.3, -0.25) is 4.79 Å². The SMILES string of the molecule is CCn1cnc(S(=O)(=O)N2CCC[C@@H](C(=O)Nc3ccccc3OC)C2)c1. The Kier molecular flexibility index (Phi) is 5.81. The van der Waals surface area contributed by atoms with Gasteiger partial charge in [-0.15, -0.1) is 0 Å². The molecule has 0 saturated carbocycles. The van der Waals surface area contributed by atoms with Gasteiger partial charge in [-0.25, -0.2) is 13.4 Å². The minimum absolute atomic E-state index is 0.0233. The number of aryl methyl sites for hydroxylation is 1. The molecular formula is C18H24N4O4S. The van der Waals surface area contributed by atoms with E-state index in [-0.39, 0.29) is 17.5 Å². The van der Waals surface area contributed by atoms with Gasteiger partial charge in [0.15, 0.2) is 5.03 Å². The molecule has 1 aliphatic rings. The Bertz CT molecular complexity index is 910. The van der Waals surface area contributed by atoms with Crippen molar-refractivity contribution < 1.29 is 17.9 Å². The van der Waals surface area contributed by atoms with E-state index in [2.05, 4.69) is 10.3 Å². The summed E-state index contributed by atoms with van der Waals surface area (Å²) >= 11 is 0. The molecule has 146 valence electrons. The molecule has 8 nitrogen and oxygen atoms in total. The minimum atomic E-state index is -3.71. The molecule has 1 aromatic carbocycles. The second-order valence-electron chi connectivity index (χ2n) is 6.43. The first kappa shape index (κ1) is 19.4. The van der Waals surface area contributed by atoms with Crippen molar-refractivity contribution in [2.45, 2.75) is 31.3 Å². The highest BCUT2D eigenvalue weighted by Gasteiger charge is 2.34. The molecule has 0 spiro atoms. The van der Waals surface area contributed by atoms with Gasteiger partial charge < -0.3 is 14.6 Å². The molecule has 1 aromatic heterocycles. The molecular weight excluding hydrogens is 368 g/mol. The van der Waals surface area contributed by atoms with Crippen LogP contribution in [0.15, 0.2) is 41.8 Å². The summed E-state index contributed by atoms with van der Waals surface area (Å²) in [5, 5.41) is 2.87. The number of hydrogen-bond acceptors (Lipinski definition) is 5. The molecule has 1 amide bonds. The van der Waals surface area contributed by atoms with Crippen LogP contribution in [0, 0.1) is 5.92 Å². The number of piperidine rings is 1. The number of anilines is 1. The fraction of sp³-hybridized carbons (Fsp3) is 0.444. The summed E-state index contributed by atoms with van der Waals surface area (Å²) in [6, 6.07) is 7.14. The van der Waals surface area contributed by atoms with E-state index in [1.54, 1.807) is 22.8 Å². The second-order valence-corrected chi connectivity index (χ2v) is 8.32. The van der Waals surface area contributed by atoms with Crippen molar-refractivity contribution in [3.63, 3.8) is 0 Å². The van der Waals surface area contributed by atoms with Crippen LogP contribution >= 0.6 is 0 Å². The van der Waals surface area contributed by atoms with Gasteiger partial charge in [0.25, 0.3) is 10.0 Å². The number of benzene rings is 1. The van der Waals surface area contributed by atoms with Crippen LogP contribution in [0.2, 0.25) is 0 Å². The van der Waals surface area contributed by atoms with Gasteiger partial charge in [0.1, 0.15) is 5.75 Å². The number of hydrogen-bond donors (Lipinski definition) is 1. The number of aromatic nitrogens is 2. The van der Waals surface area contributed by atoms with E-state index in [1.165, 1.54) is 23.9 Å². The maximum Gasteiger partial charge on any atom is 0.262 e. The molecule has 2 aromatic rings. The standard InChI is InChI=1S/C18H24N4O4S/c1-3-21-12-17(19-13-21)27(24,25)22-10-6-7-14(11-22)18(23)20-15-8-4-5-9-16(15)26-2/h4-5,8-9,12-14H,3,6-7,10-11H2,1-2H3,(H,20,23)/t14-/m1/s1. The molecule has 1 saturated heterocycles. The lowest BCUT2D eigenvalue weighted by molar-refractivity contribution is -0.120. The van der Waals surface area contributed by atoms with E-state index in [0.717, 1.165) is 0 Å². The number of carbonyl (C=O) groups excluding carboxylic acids is 1. The number of methoxy groups -OCH3 is 1. The van der Waals surface area contributed by atoms with Crippen LogP contribution in [0.3, 0.4) is 0 Å². The van der Waals surface area contributed by atoms with Gasteiger partial charge in [-0.2, -0.15) is 4.31 Å². The number of nitrogens with zero attached hydrogens (tertiary/aromatic N) is 3. The highest BCUT2D eigenvalue weighted by atomic mass is 32.2. The summed E-state index contributed by atoms with van der Waals surface area (Å²) in [7, 11) is -2.17. The Morgan fingerprint density at radius 1 is 1.37 bits per heavy atom. The monoisotopic (exact) mass is 392 g/mol. The van der Waals surface area contributed by atoms with Gasteiger partial charge in [0, 0.05) is 25.8 Å². The molecule has 0 unspecified atom stereocenters. The number of amides is 1. The van der Waals surface area contributed by atoms with Crippen molar-refractivity contribution in [3.8, 4) is 5.75 Å². The van der Waals surface area contributed by atoms with E-state index in [0.29, 0.717) is 37.4 Å². The smallest absolute Gasteiger partial charge is 0.262 e. The summed E-state index contributed by atoms with van der Waals surface area (Å²) in [6.07, 6.45) is 4.28. The van der Waals surface area contributed by atoms with Crippen molar-refractivity contribution in [1.29, 1.82) is 0 Å². The summed E-state index contributed by atoms with van der Waals surface area (Å²) < 4.78 is 34.0. The Morgan fingerprint density at radius 2 is 2.15 bits per heavy atom. The third kappa shape index (κ3) is 4.14. The van der Waals surface area contributed by atoms with Crippen LogP contribution in [-0.4, -0.2) is 48.4 Å². The summed E-state index contributed by atoms with van der Waals surface area (Å²) in [6.45, 7) is 3.09. The lowest BCUT2D eigenvalue weighted by atomic mass is 9.98. The Labute approximate surface area is 159 Å². The van der Waals surface area contributed by atoms with Gasteiger partial charge >= 0.3 is 0 Å². The van der Waals surface area contributed by atoms with Crippen molar-refractivity contribution in [2.75, 3.05) is 25.5 Å². The van der Waals surface area contributed by atoms with Crippen LogP contribution in [0.1, 0.15) is 19.8 Å². The Morgan fingerprint density at radius 3 is 2.85 bits per heavy atom. The molecule has 1 atom stereocenters. The highest BCUT2D eigenvalue weighted by molar-refractivity contribution is 7.89. The summed E-state index contributed by atoms with van der Waals surface area (Å²) in [4.78, 5) is 16.7. The second kappa shape index (κ2) is 8.10. The van der Waals surface area contributed by atoms with Crippen molar-refractivity contribution in [2.24, 2.45) is 5.92 Å². The lowest BCUT2D eigenvalue weighted by Gasteiger charge is -2.30. The summed E-state index contributed by atoms with van der Waals surface area (Å²) in [5.74, 6) is -0.0681. The molecule has 27 heavy (non-hydrogen) atoms. The molecule has 0 aliphatic carbocycles. The fourth-order valence-corrected chi connectivity index (χ4v) is 4.59. The maximum absolute atomic E-state index is 12.8. The fourth-order valence-electron chi connectivity index (χ4n) is 3.14. The molecule has 3 rings (SSSR count). The average molecular weight is 392 g/mol. The lowest BCUT2D eigenvalue weighted by Crippen LogP contribution is -2.43. The maximum atomic E-state index is 12.8. The van der Waals surface area contributed by atoms with Crippen LogP contribution < -0.4 is 10.1 Å². The summed E-state index contributed by atoms with van der Waals surface area (Å²) in [5.41, 5.74) is 0.576. The zero-order valence-corrected chi connectivity index (χ0v) is 16.3. The third-order valence-corrected chi connectivity index (χ3v) is 6.45. The van der Waals surface area contributed by atoms with Crippen LogP contribution in [0.25, 0.3) is 0 Å². The van der Waals surface area contributed by atoms with E-state index < -0.39 is 15.9 Å². The van der Waals surface area contributed by atoms with Gasteiger partial charge in [-0.1, -0.05) is 12.1 Å². The largest absolute Gasteiger partial charge is 0.495 e. The average Bonchev–Trinajstić information content (AvgIpc) is 3.18. The number of imidazole rings is 1. The number of rotatable bonds is 6. The molecule has 2 heterocycles. The van der Waals surface area contributed by atoms with Gasteiger partial charge in [0.05, 0.1) is 25.0 Å². The van der Waals surface area contributed by atoms with Crippen molar-refractivity contribution in [3.05, 3.63) is 36.8 Å². The molecule has 1 aliphatic heterocycles. The van der Waals surface area contributed by atoms with Crippen molar-refractivity contribution >= 4 is 21.6 Å². The molecule has 1 fully saturated rings. The zero-order chi connectivity index (χ0) is 19.4. The first-order valence-electron chi connectivity index (χ1n) is 8.91. The van der Waals surface area contributed by atoms with E-state index in [4.69, 9.17) is 4.74 Å². The van der Waals surface area contributed by atoms with Crippen LogP contribution in [0.5, 0.6) is 5.75 Å². The molecule has 0 bridgehead atoms. The first-order chi connectivity index (χ1) is 13.0. The van der Waals surface area contributed by atoms with E-state index in [9.17, 15) is 13.2 Å². The predicted octanol–water partition coefficient (Wildman–Crippen LogP) is 1.95. The van der Waals surface area contributed by atoms with Gasteiger partial charge in [-0.05, 0) is 31.9 Å². The van der Waals surface area contributed by atoms with Gasteiger partial charge in [0.2, 0.25) is 5.91 Å². The number of para-hydroxylation sites is 2. The van der Waals surface area contributed by atoms with Crippen LogP contribution in [0.4, 0.5) is 5.69 Å². The zero-order valence-electron chi connectivity index (χ0n) is 15.5. The molecule has 9 heteroatoms. The Balaban J connectivity index is 1.72. The van der Waals surface area contributed by atoms with Crippen molar-refractivity contribution in [1.82, 2.24) is 13.9 Å². The van der Waals surface area contributed by atoms with E-state index in [1.807, 2.05) is 13.0 Å². The Hall–Kier alpha value is -2.39. The normalized spacial score (nSPS) is 18.2. The molecule has 1 N–H and O–H groups in total. The number of sulfonamides is 1. The minimum Gasteiger partial charge on any atom is -0.495 e. The number of ether oxygens (including phenoxy) is 1. The topological polar surface area (TPSA) is 93.5 Å². The molecule has 0 radical (unpaired) electrons. The third-order valence-electron chi connectivity index (χ3n) is 4.70. The quantitative estimate of drug-likeness (QED) is 0.811. The highest BCUT2D eigenvalue weighted by Crippen LogP contribution is 2.27. The van der Waals surface area contributed by atoms with Crippen LogP contribution in [-0.2, 0) is 21.4 Å². The first-order valence-corrected chi connectivity index (χ1v) is 10.4. The van der Waals surface area contributed by atoms with E-state index >= 15 is 0 Å². The number of carbonyl (C=O) groups is 1. The number of nitrogens with one attached hydrogen (secondary N) is 1.